The Bertz CT molecular complexity index is 613. The van der Waals surface area contributed by atoms with Crippen molar-refractivity contribution >= 4 is 15.9 Å². The van der Waals surface area contributed by atoms with E-state index in [0.717, 1.165) is 34.3 Å². The maximum absolute atomic E-state index is 5.89. The Morgan fingerprint density at radius 1 is 1.26 bits per heavy atom. The van der Waals surface area contributed by atoms with E-state index < -0.39 is 0 Å². The Morgan fingerprint density at radius 2 is 2.16 bits per heavy atom. The molecule has 1 aromatic carbocycles. The summed E-state index contributed by atoms with van der Waals surface area (Å²) in [5.74, 6) is 1.41. The molecule has 19 heavy (non-hydrogen) atoms. The molecule has 0 unspecified atom stereocenters. The van der Waals surface area contributed by atoms with Crippen molar-refractivity contribution in [2.75, 3.05) is 0 Å². The van der Waals surface area contributed by atoms with Gasteiger partial charge in [0.05, 0.1) is 0 Å². The molecule has 0 radical (unpaired) electrons. The molecular formula is C15H15BrN2O. The largest absolute Gasteiger partial charge is 0.439 e. The summed E-state index contributed by atoms with van der Waals surface area (Å²) < 4.78 is 6.87. The first kappa shape index (κ1) is 12.6. The Kier molecular flexibility index (Phi) is 3.53. The molecule has 1 aromatic heterocycles. The maximum Gasteiger partial charge on any atom is 0.223 e. The van der Waals surface area contributed by atoms with E-state index in [1.807, 2.05) is 24.3 Å². The van der Waals surface area contributed by atoms with Crippen LogP contribution < -0.4 is 10.5 Å². The second-order valence-electron chi connectivity index (χ2n) is 4.68. The first-order chi connectivity index (χ1) is 9.26. The van der Waals surface area contributed by atoms with Crippen molar-refractivity contribution in [1.82, 2.24) is 4.98 Å². The van der Waals surface area contributed by atoms with Crippen molar-refractivity contribution in [3.05, 3.63) is 51.6 Å². The van der Waals surface area contributed by atoms with Gasteiger partial charge in [0.15, 0.2) is 0 Å². The van der Waals surface area contributed by atoms with E-state index in [9.17, 15) is 0 Å². The van der Waals surface area contributed by atoms with Crippen LogP contribution in [0.1, 0.15) is 23.2 Å². The molecule has 98 valence electrons. The number of ether oxygens (including phenoxy) is 1. The number of nitrogens with two attached hydrogens (primary N) is 1. The van der Waals surface area contributed by atoms with Gasteiger partial charge in [0.25, 0.3) is 0 Å². The molecule has 3 rings (SSSR count). The molecule has 2 aromatic rings. The molecule has 0 saturated carbocycles. The Balaban J connectivity index is 1.96. The molecular weight excluding hydrogens is 304 g/mol. The molecule has 0 fully saturated rings. The lowest BCUT2D eigenvalue weighted by Crippen LogP contribution is -2.04. The summed E-state index contributed by atoms with van der Waals surface area (Å²) in [6.45, 7) is 0.448. The van der Waals surface area contributed by atoms with Crippen LogP contribution in [0, 0.1) is 0 Å². The number of halogens is 1. The van der Waals surface area contributed by atoms with Gasteiger partial charge in [-0.25, -0.2) is 4.98 Å². The average molecular weight is 319 g/mol. The molecule has 0 bridgehead atoms. The van der Waals surface area contributed by atoms with Crippen LogP contribution in [0.4, 0.5) is 0 Å². The van der Waals surface area contributed by atoms with Crippen LogP contribution in [0.15, 0.2) is 34.8 Å². The molecule has 0 saturated heterocycles. The fourth-order valence-electron chi connectivity index (χ4n) is 2.38. The monoisotopic (exact) mass is 318 g/mol. The number of hydrogen-bond donors (Lipinski definition) is 1. The number of pyridine rings is 1. The molecule has 0 amide bonds. The number of rotatable bonds is 3. The summed E-state index contributed by atoms with van der Waals surface area (Å²) in [4.78, 5) is 4.63. The van der Waals surface area contributed by atoms with Gasteiger partial charge in [-0.1, -0.05) is 22.0 Å². The fourth-order valence-corrected chi connectivity index (χ4v) is 2.76. The van der Waals surface area contributed by atoms with Gasteiger partial charge in [0.1, 0.15) is 5.75 Å². The molecule has 1 heterocycles. The lowest BCUT2D eigenvalue weighted by Gasteiger charge is -2.11. The van der Waals surface area contributed by atoms with Crippen molar-refractivity contribution < 1.29 is 4.74 Å². The Hall–Kier alpha value is -1.39. The summed E-state index contributed by atoms with van der Waals surface area (Å²) >= 11 is 3.44. The van der Waals surface area contributed by atoms with Gasteiger partial charge in [-0.15, -0.1) is 0 Å². The molecule has 0 aliphatic heterocycles. The zero-order valence-electron chi connectivity index (χ0n) is 10.5. The summed E-state index contributed by atoms with van der Waals surface area (Å²) in [6, 6.07) is 9.89. The third kappa shape index (κ3) is 2.65. The topological polar surface area (TPSA) is 48.1 Å². The van der Waals surface area contributed by atoms with Crippen molar-refractivity contribution in [1.29, 1.82) is 0 Å². The maximum atomic E-state index is 5.89. The molecule has 1 aliphatic carbocycles. The minimum absolute atomic E-state index is 0.448. The van der Waals surface area contributed by atoms with Crippen LogP contribution >= 0.6 is 15.9 Å². The standard InChI is InChI=1S/C15H15BrN2O/c16-12-4-2-5-13(8-12)19-15-11(9-17)7-10-3-1-6-14(10)18-15/h2,4-5,7-8H,1,3,6,9,17H2. The third-order valence-electron chi connectivity index (χ3n) is 3.32. The zero-order chi connectivity index (χ0) is 13.2. The molecule has 2 N–H and O–H groups in total. The predicted molar refractivity (Wildman–Crippen MR) is 78.4 cm³/mol. The molecule has 1 aliphatic rings. The van der Waals surface area contributed by atoms with E-state index in [2.05, 4.69) is 27.0 Å². The highest BCUT2D eigenvalue weighted by Gasteiger charge is 2.17. The van der Waals surface area contributed by atoms with Crippen LogP contribution in [0.3, 0.4) is 0 Å². The summed E-state index contributed by atoms with van der Waals surface area (Å²) in [6.07, 6.45) is 3.31. The minimum atomic E-state index is 0.448. The number of benzene rings is 1. The Morgan fingerprint density at radius 3 is 2.95 bits per heavy atom. The third-order valence-corrected chi connectivity index (χ3v) is 3.81. The van der Waals surface area contributed by atoms with Gasteiger partial charge in [0, 0.05) is 22.3 Å². The van der Waals surface area contributed by atoms with Crippen molar-refractivity contribution in [2.24, 2.45) is 5.73 Å². The molecule has 0 spiro atoms. The summed E-state index contributed by atoms with van der Waals surface area (Å²) in [5, 5.41) is 0. The summed E-state index contributed by atoms with van der Waals surface area (Å²) in [7, 11) is 0. The number of fused-ring (bicyclic) bond motifs is 1. The SMILES string of the molecule is NCc1cc2c(nc1Oc1cccc(Br)c1)CCC2. The normalized spacial score (nSPS) is 13.4. The second kappa shape index (κ2) is 5.31. The van der Waals surface area contributed by atoms with Crippen LogP contribution in [-0.4, -0.2) is 4.98 Å². The van der Waals surface area contributed by atoms with Crippen LogP contribution in [0.2, 0.25) is 0 Å². The second-order valence-corrected chi connectivity index (χ2v) is 5.59. The number of aryl methyl sites for hydroxylation is 2. The molecule has 0 atom stereocenters. The first-order valence-corrected chi connectivity index (χ1v) is 7.21. The first-order valence-electron chi connectivity index (χ1n) is 6.41. The lowest BCUT2D eigenvalue weighted by molar-refractivity contribution is 0.454. The zero-order valence-corrected chi connectivity index (χ0v) is 12.1. The van der Waals surface area contributed by atoms with E-state index in [4.69, 9.17) is 10.5 Å². The highest BCUT2D eigenvalue weighted by Crippen LogP contribution is 2.30. The molecule has 3 nitrogen and oxygen atoms in total. The van der Waals surface area contributed by atoms with Crippen LogP contribution in [0.25, 0.3) is 0 Å². The predicted octanol–water partition coefficient (Wildman–Crippen LogP) is 3.58. The lowest BCUT2D eigenvalue weighted by atomic mass is 10.1. The van der Waals surface area contributed by atoms with E-state index in [1.165, 1.54) is 12.0 Å². The van der Waals surface area contributed by atoms with E-state index in [0.29, 0.717) is 12.4 Å². The van der Waals surface area contributed by atoms with Gasteiger partial charge in [0.2, 0.25) is 5.88 Å². The van der Waals surface area contributed by atoms with E-state index in [1.54, 1.807) is 0 Å². The van der Waals surface area contributed by atoms with Crippen molar-refractivity contribution in [3.8, 4) is 11.6 Å². The van der Waals surface area contributed by atoms with Crippen LogP contribution in [-0.2, 0) is 19.4 Å². The van der Waals surface area contributed by atoms with Crippen molar-refractivity contribution in [2.45, 2.75) is 25.8 Å². The van der Waals surface area contributed by atoms with Gasteiger partial charge < -0.3 is 10.5 Å². The minimum Gasteiger partial charge on any atom is -0.439 e. The summed E-state index contributed by atoms with van der Waals surface area (Å²) in [5.41, 5.74) is 9.25. The van der Waals surface area contributed by atoms with Gasteiger partial charge in [-0.05, 0) is 49.1 Å². The molecule has 4 heteroatoms. The van der Waals surface area contributed by atoms with E-state index >= 15 is 0 Å². The average Bonchev–Trinajstić information content (AvgIpc) is 2.85. The number of aromatic nitrogens is 1. The highest BCUT2D eigenvalue weighted by molar-refractivity contribution is 9.10. The fraction of sp³-hybridized carbons (Fsp3) is 0.267. The van der Waals surface area contributed by atoms with Crippen LogP contribution in [0.5, 0.6) is 11.6 Å². The van der Waals surface area contributed by atoms with Gasteiger partial charge >= 0.3 is 0 Å². The van der Waals surface area contributed by atoms with E-state index in [-0.39, 0.29) is 0 Å². The van der Waals surface area contributed by atoms with Gasteiger partial charge in [-0.3, -0.25) is 0 Å². The highest BCUT2D eigenvalue weighted by atomic mass is 79.9. The van der Waals surface area contributed by atoms with Gasteiger partial charge in [-0.2, -0.15) is 0 Å². The Labute approximate surface area is 120 Å². The van der Waals surface area contributed by atoms with Crippen molar-refractivity contribution in [3.63, 3.8) is 0 Å². The quantitative estimate of drug-likeness (QED) is 0.940. The smallest absolute Gasteiger partial charge is 0.223 e. The number of nitrogens with zero attached hydrogens (tertiary/aromatic N) is 1. The number of hydrogen-bond acceptors (Lipinski definition) is 3.